The predicted molar refractivity (Wildman–Crippen MR) is 117 cm³/mol. The van der Waals surface area contributed by atoms with Gasteiger partial charge < -0.3 is 4.90 Å². The molecule has 2 aromatic carbocycles. The second kappa shape index (κ2) is 6.30. The SMILES string of the molecule is O=[N+]([O-])c1cccc([C@@H]2[C@@H]3CC=C[C@@H]3c3cc(Br)cc4c3N2C[C@H]2CC=C[C@@H]42)c1. The average Bonchev–Trinajstić information content (AvgIpc) is 3.37. The van der Waals surface area contributed by atoms with Crippen molar-refractivity contribution in [2.75, 3.05) is 11.4 Å². The molecule has 0 fully saturated rings. The summed E-state index contributed by atoms with van der Waals surface area (Å²) in [6.45, 7) is 1.01. The lowest BCUT2D eigenvalue weighted by atomic mass is 9.70. The van der Waals surface area contributed by atoms with Gasteiger partial charge >= 0.3 is 0 Å². The highest BCUT2D eigenvalue weighted by atomic mass is 79.9. The number of benzene rings is 2. The van der Waals surface area contributed by atoms with Gasteiger partial charge in [-0.05, 0) is 53.5 Å². The van der Waals surface area contributed by atoms with Crippen molar-refractivity contribution in [3.8, 4) is 0 Å². The lowest BCUT2D eigenvalue weighted by Gasteiger charge is -2.51. The fourth-order valence-corrected chi connectivity index (χ4v) is 6.63. The number of nitrogens with zero attached hydrogens (tertiary/aromatic N) is 2. The number of fused-ring (bicyclic) bond motifs is 4. The normalized spacial score (nSPS) is 30.8. The highest BCUT2D eigenvalue weighted by molar-refractivity contribution is 9.10. The molecule has 0 bridgehead atoms. The van der Waals surface area contributed by atoms with E-state index in [0.717, 1.165) is 29.4 Å². The van der Waals surface area contributed by atoms with Gasteiger partial charge in [0, 0.05) is 40.7 Å². The third kappa shape index (κ3) is 2.49. The number of allylic oxidation sites excluding steroid dienone is 4. The van der Waals surface area contributed by atoms with E-state index >= 15 is 0 Å². The standard InChI is InChI=1S/C24H21BrN2O2/c25-16-11-21-18-7-2-5-15(18)13-26-23(14-4-1-6-17(10-14)27(28)29)20-9-3-8-19(20)22(12-16)24(21)26/h1-4,6-8,10-12,15,18-20,23H,5,9,13H2/t15-,18-,19+,20-,23-/m1/s1. The maximum Gasteiger partial charge on any atom is 0.269 e. The Morgan fingerprint density at radius 1 is 1.03 bits per heavy atom. The van der Waals surface area contributed by atoms with Crippen LogP contribution in [0.5, 0.6) is 0 Å². The van der Waals surface area contributed by atoms with E-state index in [1.165, 1.54) is 16.8 Å². The van der Waals surface area contributed by atoms with Crippen molar-refractivity contribution in [2.24, 2.45) is 11.8 Å². The Kier molecular flexibility index (Phi) is 3.79. The van der Waals surface area contributed by atoms with Crippen LogP contribution in [0.1, 0.15) is 47.4 Å². The molecule has 0 saturated heterocycles. The fourth-order valence-electron chi connectivity index (χ4n) is 6.14. The van der Waals surface area contributed by atoms with Crippen LogP contribution >= 0.6 is 15.9 Å². The van der Waals surface area contributed by atoms with Gasteiger partial charge in [0.2, 0.25) is 0 Å². The maximum absolute atomic E-state index is 11.4. The average molecular weight is 449 g/mol. The molecule has 0 N–H and O–H groups in total. The number of halogens is 1. The van der Waals surface area contributed by atoms with E-state index in [-0.39, 0.29) is 16.7 Å². The van der Waals surface area contributed by atoms with Crippen LogP contribution in [-0.2, 0) is 0 Å². The van der Waals surface area contributed by atoms with Gasteiger partial charge in [-0.25, -0.2) is 0 Å². The van der Waals surface area contributed by atoms with Crippen LogP contribution in [0.2, 0.25) is 0 Å². The Labute approximate surface area is 178 Å². The first-order valence-electron chi connectivity index (χ1n) is 10.3. The number of non-ortho nitro benzene ring substituents is 1. The Morgan fingerprint density at radius 3 is 2.62 bits per heavy atom. The topological polar surface area (TPSA) is 46.4 Å². The molecule has 146 valence electrons. The van der Waals surface area contributed by atoms with Crippen LogP contribution in [0.25, 0.3) is 0 Å². The number of anilines is 1. The summed E-state index contributed by atoms with van der Waals surface area (Å²) in [6, 6.07) is 12.1. The molecule has 2 aromatic rings. The summed E-state index contributed by atoms with van der Waals surface area (Å²) in [5, 5.41) is 11.4. The molecule has 0 unspecified atom stereocenters. The van der Waals surface area contributed by atoms with E-state index in [4.69, 9.17) is 0 Å². The van der Waals surface area contributed by atoms with Gasteiger partial charge in [0.25, 0.3) is 5.69 Å². The summed E-state index contributed by atoms with van der Waals surface area (Å²) >= 11 is 3.76. The van der Waals surface area contributed by atoms with Gasteiger partial charge in [-0.3, -0.25) is 10.1 Å². The smallest absolute Gasteiger partial charge is 0.269 e. The van der Waals surface area contributed by atoms with Crippen molar-refractivity contribution in [1.29, 1.82) is 0 Å². The molecule has 4 nitrogen and oxygen atoms in total. The zero-order chi connectivity index (χ0) is 19.7. The minimum atomic E-state index is -0.277. The molecule has 2 heterocycles. The molecule has 0 aromatic heterocycles. The Bertz CT molecular complexity index is 1080. The van der Waals surface area contributed by atoms with Crippen LogP contribution in [-0.4, -0.2) is 11.5 Å². The summed E-state index contributed by atoms with van der Waals surface area (Å²) < 4.78 is 1.15. The fraction of sp³-hybridized carbons (Fsp3) is 0.333. The van der Waals surface area contributed by atoms with Crippen LogP contribution in [0, 0.1) is 22.0 Å². The lowest BCUT2D eigenvalue weighted by Crippen LogP contribution is -2.46. The molecule has 5 atom stereocenters. The number of hydrogen-bond donors (Lipinski definition) is 0. The second-order valence-electron chi connectivity index (χ2n) is 8.69. The quantitative estimate of drug-likeness (QED) is 0.309. The van der Waals surface area contributed by atoms with Crippen molar-refractivity contribution in [2.45, 2.75) is 30.7 Å². The number of hydrogen-bond acceptors (Lipinski definition) is 3. The summed E-state index contributed by atoms with van der Waals surface area (Å²) in [6.07, 6.45) is 11.5. The highest BCUT2D eigenvalue weighted by Gasteiger charge is 2.47. The van der Waals surface area contributed by atoms with Gasteiger partial charge in [-0.2, -0.15) is 0 Å². The van der Waals surface area contributed by atoms with E-state index in [1.54, 1.807) is 12.1 Å². The first-order valence-corrected chi connectivity index (χ1v) is 11.1. The molecule has 0 spiro atoms. The summed E-state index contributed by atoms with van der Waals surface area (Å²) in [5.74, 6) is 1.84. The Hall–Kier alpha value is -2.40. The van der Waals surface area contributed by atoms with Crippen LogP contribution < -0.4 is 4.90 Å². The molecular weight excluding hydrogens is 428 g/mol. The summed E-state index contributed by atoms with van der Waals surface area (Å²) in [5.41, 5.74) is 5.44. The Balaban J connectivity index is 1.57. The number of nitro groups is 1. The van der Waals surface area contributed by atoms with E-state index in [2.05, 4.69) is 63.3 Å². The second-order valence-corrected chi connectivity index (χ2v) is 9.60. The third-order valence-corrected chi connectivity index (χ3v) is 7.70. The minimum Gasteiger partial charge on any atom is -0.363 e. The Morgan fingerprint density at radius 2 is 1.79 bits per heavy atom. The van der Waals surface area contributed by atoms with E-state index in [0.29, 0.717) is 23.7 Å². The van der Waals surface area contributed by atoms with Gasteiger partial charge in [-0.1, -0.05) is 52.4 Å². The zero-order valence-electron chi connectivity index (χ0n) is 15.9. The monoisotopic (exact) mass is 448 g/mol. The molecule has 2 aliphatic carbocycles. The van der Waals surface area contributed by atoms with Crippen LogP contribution in [0.3, 0.4) is 0 Å². The lowest BCUT2D eigenvalue weighted by molar-refractivity contribution is -0.384. The third-order valence-electron chi connectivity index (χ3n) is 7.24. The van der Waals surface area contributed by atoms with Gasteiger partial charge in [0.15, 0.2) is 0 Å². The highest BCUT2D eigenvalue weighted by Crippen LogP contribution is 2.59. The van der Waals surface area contributed by atoms with Crippen LogP contribution in [0.4, 0.5) is 11.4 Å². The molecule has 0 amide bonds. The molecule has 0 radical (unpaired) electrons. The molecule has 2 aliphatic heterocycles. The molecule has 0 saturated carbocycles. The van der Waals surface area contributed by atoms with Crippen molar-refractivity contribution in [3.63, 3.8) is 0 Å². The van der Waals surface area contributed by atoms with E-state index < -0.39 is 0 Å². The molecule has 6 rings (SSSR count). The number of nitro benzene ring substituents is 1. The first kappa shape index (κ1) is 17.5. The predicted octanol–water partition coefficient (Wildman–Crippen LogP) is 6.25. The van der Waals surface area contributed by atoms with Crippen molar-refractivity contribution < 1.29 is 4.92 Å². The van der Waals surface area contributed by atoms with Crippen molar-refractivity contribution in [1.82, 2.24) is 0 Å². The first-order chi connectivity index (χ1) is 14.1. The van der Waals surface area contributed by atoms with Gasteiger partial charge in [0.05, 0.1) is 11.0 Å². The van der Waals surface area contributed by atoms with Crippen LogP contribution in [0.15, 0.2) is 65.2 Å². The largest absolute Gasteiger partial charge is 0.363 e. The molecule has 4 aliphatic rings. The van der Waals surface area contributed by atoms with Gasteiger partial charge in [0.1, 0.15) is 0 Å². The molecule has 5 heteroatoms. The minimum absolute atomic E-state index is 0.170. The molecule has 29 heavy (non-hydrogen) atoms. The summed E-state index contributed by atoms with van der Waals surface area (Å²) in [4.78, 5) is 13.7. The van der Waals surface area contributed by atoms with E-state index in [1.807, 2.05) is 6.07 Å². The number of rotatable bonds is 2. The summed E-state index contributed by atoms with van der Waals surface area (Å²) in [7, 11) is 0. The van der Waals surface area contributed by atoms with Crippen molar-refractivity contribution in [3.05, 3.63) is 92.0 Å². The van der Waals surface area contributed by atoms with Crippen molar-refractivity contribution >= 4 is 27.3 Å². The molecular formula is C24H21BrN2O2. The van der Waals surface area contributed by atoms with Gasteiger partial charge in [-0.15, -0.1) is 0 Å². The maximum atomic E-state index is 11.4. The zero-order valence-corrected chi connectivity index (χ0v) is 17.5. The van der Waals surface area contributed by atoms with E-state index in [9.17, 15) is 10.1 Å².